The first-order valence-corrected chi connectivity index (χ1v) is 9.32. The molecule has 0 bridgehead atoms. The molecule has 0 fully saturated rings. The van der Waals surface area contributed by atoms with Gasteiger partial charge in [-0.1, -0.05) is 60.2 Å². The van der Waals surface area contributed by atoms with E-state index >= 15 is 0 Å². The molecule has 0 aliphatic carbocycles. The maximum Gasteiger partial charge on any atom is 0.285 e. The van der Waals surface area contributed by atoms with Gasteiger partial charge in [-0.15, -0.1) is 4.40 Å². The molecule has 0 atom stereocenters. The Morgan fingerprint density at radius 3 is 2.28 bits per heavy atom. The summed E-state index contributed by atoms with van der Waals surface area (Å²) in [5.41, 5.74) is 8.87. The van der Waals surface area contributed by atoms with Crippen LogP contribution in [0.5, 0.6) is 0 Å². The first-order valence-electron chi connectivity index (χ1n) is 7.88. The standard InChI is InChI=1S/C19H23N3O2S/c1-15(2)13-22(14-17-7-5-4-6-8-17)19(20)21-25(23,24)18-11-9-16(3)10-12-18/h4-12H,1,13-14H2,2-3H3,(H2,20,21). The molecule has 6 heteroatoms. The molecule has 0 saturated heterocycles. The van der Waals surface area contributed by atoms with Crippen molar-refractivity contribution in [2.75, 3.05) is 6.54 Å². The van der Waals surface area contributed by atoms with Gasteiger partial charge in [-0.05, 0) is 31.5 Å². The van der Waals surface area contributed by atoms with Crippen molar-refractivity contribution in [2.24, 2.45) is 10.1 Å². The van der Waals surface area contributed by atoms with Crippen LogP contribution in [0.1, 0.15) is 18.1 Å². The second kappa shape index (κ2) is 7.98. The zero-order valence-corrected chi connectivity index (χ0v) is 15.3. The van der Waals surface area contributed by atoms with Crippen LogP contribution in [0.2, 0.25) is 0 Å². The van der Waals surface area contributed by atoms with E-state index in [2.05, 4.69) is 11.0 Å². The highest BCUT2D eigenvalue weighted by molar-refractivity contribution is 7.90. The van der Waals surface area contributed by atoms with Crippen LogP contribution < -0.4 is 5.73 Å². The average molecular weight is 357 g/mol. The maximum absolute atomic E-state index is 12.5. The Kier molecular flexibility index (Phi) is 5.98. The number of nitrogens with zero attached hydrogens (tertiary/aromatic N) is 2. The summed E-state index contributed by atoms with van der Waals surface area (Å²) in [7, 11) is -3.86. The molecular formula is C19H23N3O2S. The van der Waals surface area contributed by atoms with E-state index in [4.69, 9.17) is 5.73 Å². The summed E-state index contributed by atoms with van der Waals surface area (Å²) in [5.74, 6) is -0.0487. The van der Waals surface area contributed by atoms with Crippen molar-refractivity contribution in [3.8, 4) is 0 Å². The van der Waals surface area contributed by atoms with Crippen molar-refractivity contribution in [2.45, 2.75) is 25.3 Å². The number of nitrogens with two attached hydrogens (primary N) is 1. The lowest BCUT2D eigenvalue weighted by molar-refractivity contribution is 0.442. The van der Waals surface area contributed by atoms with E-state index in [-0.39, 0.29) is 10.9 Å². The van der Waals surface area contributed by atoms with Gasteiger partial charge in [-0.2, -0.15) is 8.42 Å². The van der Waals surface area contributed by atoms with E-state index in [1.807, 2.05) is 44.2 Å². The first kappa shape index (κ1) is 18.7. The van der Waals surface area contributed by atoms with Crippen molar-refractivity contribution in [3.63, 3.8) is 0 Å². The first-order chi connectivity index (χ1) is 11.8. The molecule has 0 aliphatic rings. The zero-order valence-electron chi connectivity index (χ0n) is 14.5. The van der Waals surface area contributed by atoms with Gasteiger partial charge in [0.1, 0.15) is 0 Å². The molecule has 0 unspecified atom stereocenters. The minimum Gasteiger partial charge on any atom is -0.369 e. The van der Waals surface area contributed by atoms with Crippen LogP contribution in [0.25, 0.3) is 0 Å². The fraction of sp³-hybridized carbons (Fsp3) is 0.211. The molecule has 0 saturated carbocycles. The van der Waals surface area contributed by atoms with E-state index in [0.717, 1.165) is 16.7 Å². The van der Waals surface area contributed by atoms with Crippen LogP contribution in [0.4, 0.5) is 0 Å². The summed E-state index contributed by atoms with van der Waals surface area (Å²) in [6, 6.07) is 16.2. The monoisotopic (exact) mass is 357 g/mol. The lowest BCUT2D eigenvalue weighted by atomic mass is 10.2. The van der Waals surface area contributed by atoms with Gasteiger partial charge in [0.15, 0.2) is 0 Å². The lowest BCUT2D eigenvalue weighted by Crippen LogP contribution is -2.38. The average Bonchev–Trinajstić information content (AvgIpc) is 2.55. The van der Waals surface area contributed by atoms with Crippen molar-refractivity contribution >= 4 is 16.0 Å². The Morgan fingerprint density at radius 2 is 1.72 bits per heavy atom. The molecule has 0 amide bonds. The summed E-state index contributed by atoms with van der Waals surface area (Å²) in [6.45, 7) is 8.51. The zero-order chi connectivity index (χ0) is 18.4. The smallest absolute Gasteiger partial charge is 0.285 e. The van der Waals surface area contributed by atoms with Crippen LogP contribution in [-0.4, -0.2) is 25.8 Å². The van der Waals surface area contributed by atoms with E-state index in [1.165, 1.54) is 12.1 Å². The van der Waals surface area contributed by atoms with Gasteiger partial charge in [-0.25, -0.2) is 0 Å². The lowest BCUT2D eigenvalue weighted by Gasteiger charge is -2.23. The largest absolute Gasteiger partial charge is 0.369 e. The van der Waals surface area contributed by atoms with Gasteiger partial charge in [0, 0.05) is 13.1 Å². The number of benzene rings is 2. The molecule has 0 spiro atoms. The van der Waals surface area contributed by atoms with Gasteiger partial charge in [0.2, 0.25) is 5.96 Å². The molecule has 2 aromatic rings. The molecule has 132 valence electrons. The van der Waals surface area contributed by atoms with E-state index in [1.54, 1.807) is 17.0 Å². The van der Waals surface area contributed by atoms with E-state index < -0.39 is 10.0 Å². The second-order valence-electron chi connectivity index (χ2n) is 6.04. The van der Waals surface area contributed by atoms with Crippen molar-refractivity contribution in [1.82, 2.24) is 4.90 Å². The molecule has 2 rings (SSSR count). The third kappa shape index (κ3) is 5.46. The van der Waals surface area contributed by atoms with Crippen LogP contribution in [0.3, 0.4) is 0 Å². The minimum atomic E-state index is -3.86. The molecule has 0 aromatic heterocycles. The van der Waals surface area contributed by atoms with Crippen LogP contribution >= 0.6 is 0 Å². The summed E-state index contributed by atoms with van der Waals surface area (Å²) in [4.78, 5) is 1.82. The molecular weight excluding hydrogens is 334 g/mol. The van der Waals surface area contributed by atoms with Crippen LogP contribution in [0, 0.1) is 6.92 Å². The number of guanidine groups is 1. The molecule has 0 heterocycles. The predicted molar refractivity (Wildman–Crippen MR) is 102 cm³/mol. The SMILES string of the molecule is C=C(C)CN(Cc1ccccc1)/C(N)=N\S(=O)(=O)c1ccc(C)cc1. The highest BCUT2D eigenvalue weighted by Crippen LogP contribution is 2.14. The van der Waals surface area contributed by atoms with Crippen molar-refractivity contribution in [1.29, 1.82) is 0 Å². The highest BCUT2D eigenvalue weighted by atomic mass is 32.2. The number of hydrogen-bond acceptors (Lipinski definition) is 2. The van der Waals surface area contributed by atoms with E-state index in [9.17, 15) is 8.42 Å². The summed E-state index contributed by atoms with van der Waals surface area (Å²) >= 11 is 0. The fourth-order valence-electron chi connectivity index (χ4n) is 2.29. The van der Waals surface area contributed by atoms with Crippen LogP contribution in [-0.2, 0) is 16.6 Å². The fourth-order valence-corrected chi connectivity index (χ4v) is 3.24. The number of sulfonamides is 1. The Hall–Kier alpha value is -2.60. The Labute approximate surface area is 149 Å². The quantitative estimate of drug-likeness (QED) is 0.490. The minimum absolute atomic E-state index is 0.0487. The third-order valence-electron chi connectivity index (χ3n) is 3.53. The Morgan fingerprint density at radius 1 is 1.12 bits per heavy atom. The van der Waals surface area contributed by atoms with Gasteiger partial charge < -0.3 is 10.6 Å². The molecule has 5 nitrogen and oxygen atoms in total. The maximum atomic E-state index is 12.5. The molecule has 2 aromatic carbocycles. The van der Waals surface area contributed by atoms with Crippen molar-refractivity contribution in [3.05, 3.63) is 77.9 Å². The van der Waals surface area contributed by atoms with E-state index in [0.29, 0.717) is 13.1 Å². The summed E-state index contributed by atoms with van der Waals surface area (Å²) < 4.78 is 28.8. The molecule has 2 N–H and O–H groups in total. The van der Waals surface area contributed by atoms with Gasteiger partial charge in [0.05, 0.1) is 4.90 Å². The van der Waals surface area contributed by atoms with Crippen molar-refractivity contribution < 1.29 is 8.42 Å². The number of hydrogen-bond donors (Lipinski definition) is 1. The van der Waals surface area contributed by atoms with Crippen LogP contribution in [0.15, 0.2) is 76.0 Å². The van der Waals surface area contributed by atoms with Gasteiger partial charge in [-0.3, -0.25) is 0 Å². The highest BCUT2D eigenvalue weighted by Gasteiger charge is 2.17. The van der Waals surface area contributed by atoms with Gasteiger partial charge >= 0.3 is 0 Å². The summed E-state index contributed by atoms with van der Waals surface area (Å²) in [5, 5.41) is 0. The Bertz CT molecular complexity index is 857. The number of rotatable bonds is 6. The Balaban J connectivity index is 2.30. The predicted octanol–water partition coefficient (Wildman–Crippen LogP) is 3.08. The molecule has 25 heavy (non-hydrogen) atoms. The molecule has 0 aliphatic heterocycles. The third-order valence-corrected chi connectivity index (χ3v) is 4.83. The number of aryl methyl sites for hydroxylation is 1. The normalized spacial score (nSPS) is 12.0. The topological polar surface area (TPSA) is 75.8 Å². The van der Waals surface area contributed by atoms with Gasteiger partial charge in [0.25, 0.3) is 10.0 Å². The second-order valence-corrected chi connectivity index (χ2v) is 7.64. The summed E-state index contributed by atoms with van der Waals surface area (Å²) in [6.07, 6.45) is 0. The molecule has 0 radical (unpaired) electrons.